The first-order valence-electron chi connectivity index (χ1n) is 6.12. The van der Waals surface area contributed by atoms with Gasteiger partial charge in [-0.3, -0.25) is 0 Å². The average molecular weight is 275 g/mol. The normalized spacial score (nSPS) is 11.2. The van der Waals surface area contributed by atoms with Crippen molar-refractivity contribution in [1.82, 2.24) is 15.2 Å². The number of carbonyl (C=O) groups is 1. The van der Waals surface area contributed by atoms with Crippen LogP contribution in [-0.4, -0.2) is 27.3 Å². The molecule has 0 bridgehead atoms. The molecule has 20 heavy (non-hydrogen) atoms. The Balaban J connectivity index is 2.10. The van der Waals surface area contributed by atoms with Gasteiger partial charge in [-0.15, -0.1) is 10.2 Å². The van der Waals surface area contributed by atoms with Crippen molar-refractivity contribution in [3.63, 3.8) is 0 Å². The number of carbonyl (C=O) groups excluding carboxylic acids is 1. The van der Waals surface area contributed by atoms with Gasteiger partial charge >= 0.3 is 5.97 Å². The van der Waals surface area contributed by atoms with Crippen LogP contribution in [0.15, 0.2) is 30.3 Å². The van der Waals surface area contributed by atoms with E-state index < -0.39 is 5.97 Å². The fourth-order valence-electron chi connectivity index (χ4n) is 1.53. The number of nitrogens with zero attached hydrogens (tertiary/aromatic N) is 2. The van der Waals surface area contributed by atoms with Gasteiger partial charge in [-0.25, -0.2) is 9.18 Å². The number of hydrogen-bond acceptors (Lipinski definition) is 4. The van der Waals surface area contributed by atoms with Gasteiger partial charge in [-0.05, 0) is 32.1 Å². The number of halogens is 1. The van der Waals surface area contributed by atoms with Gasteiger partial charge in [0.25, 0.3) is 0 Å². The first-order chi connectivity index (χ1) is 9.54. The van der Waals surface area contributed by atoms with Gasteiger partial charge in [0.15, 0.2) is 11.6 Å². The lowest BCUT2D eigenvalue weighted by molar-refractivity contribution is -0.141. The summed E-state index contributed by atoms with van der Waals surface area (Å²) in [5, 5.41) is 7.74. The molecule has 0 fully saturated rings. The molecule has 1 aromatic heterocycles. The minimum atomic E-state index is -0.455. The summed E-state index contributed by atoms with van der Waals surface area (Å²) < 4.78 is 18.0. The van der Waals surface area contributed by atoms with Crippen molar-refractivity contribution in [3.8, 4) is 11.4 Å². The van der Waals surface area contributed by atoms with E-state index >= 15 is 0 Å². The molecule has 0 saturated heterocycles. The summed E-state index contributed by atoms with van der Waals surface area (Å²) in [6.45, 7) is 3.53. The van der Waals surface area contributed by atoms with Crippen molar-refractivity contribution in [2.45, 2.75) is 20.0 Å². The third kappa shape index (κ3) is 3.74. The van der Waals surface area contributed by atoms with Crippen LogP contribution in [0, 0.1) is 5.82 Å². The summed E-state index contributed by atoms with van der Waals surface area (Å²) in [7, 11) is 0. The highest BCUT2D eigenvalue weighted by Crippen LogP contribution is 2.15. The largest absolute Gasteiger partial charge is 0.460 e. The van der Waals surface area contributed by atoms with Crippen LogP contribution < -0.4 is 0 Å². The second kappa shape index (κ2) is 6.10. The Hall–Kier alpha value is -2.50. The number of aromatic amines is 1. The smallest absolute Gasteiger partial charge is 0.331 e. The van der Waals surface area contributed by atoms with Crippen molar-refractivity contribution in [2.24, 2.45) is 0 Å². The number of benzene rings is 1. The molecule has 104 valence electrons. The van der Waals surface area contributed by atoms with Crippen LogP contribution in [0.5, 0.6) is 0 Å². The molecule has 0 radical (unpaired) electrons. The first kappa shape index (κ1) is 13.9. The van der Waals surface area contributed by atoms with E-state index in [2.05, 4.69) is 15.2 Å². The molecular weight excluding hydrogens is 261 g/mol. The maximum absolute atomic E-state index is 13.1. The Morgan fingerprint density at radius 2 is 2.20 bits per heavy atom. The highest BCUT2D eigenvalue weighted by atomic mass is 19.1. The van der Waals surface area contributed by atoms with E-state index in [1.807, 2.05) is 0 Å². The van der Waals surface area contributed by atoms with Crippen molar-refractivity contribution in [1.29, 1.82) is 0 Å². The summed E-state index contributed by atoms with van der Waals surface area (Å²) in [5.74, 6) is 0.0200. The Kier molecular flexibility index (Phi) is 4.24. The third-order valence-electron chi connectivity index (χ3n) is 2.33. The van der Waals surface area contributed by atoms with Crippen molar-refractivity contribution in [3.05, 3.63) is 42.0 Å². The molecule has 1 N–H and O–H groups in total. The number of esters is 1. The second-order valence-corrected chi connectivity index (χ2v) is 4.39. The number of aromatic nitrogens is 3. The van der Waals surface area contributed by atoms with Gasteiger partial charge < -0.3 is 9.72 Å². The molecule has 5 nitrogen and oxygen atoms in total. The number of rotatable bonds is 4. The highest BCUT2D eigenvalue weighted by Gasteiger charge is 2.05. The first-order valence-corrected chi connectivity index (χ1v) is 6.12. The summed E-state index contributed by atoms with van der Waals surface area (Å²) in [6, 6.07) is 6.00. The van der Waals surface area contributed by atoms with Gasteiger partial charge in [-0.2, -0.15) is 0 Å². The molecule has 0 amide bonds. The zero-order valence-electron chi connectivity index (χ0n) is 11.1. The molecule has 2 rings (SSSR count). The summed E-state index contributed by atoms with van der Waals surface area (Å²) >= 11 is 0. The second-order valence-electron chi connectivity index (χ2n) is 4.39. The van der Waals surface area contributed by atoms with E-state index in [9.17, 15) is 9.18 Å². The van der Waals surface area contributed by atoms with Crippen LogP contribution in [0.1, 0.15) is 19.7 Å². The van der Waals surface area contributed by atoms with Crippen molar-refractivity contribution >= 4 is 12.0 Å². The molecule has 1 aromatic carbocycles. The summed E-state index contributed by atoms with van der Waals surface area (Å²) in [4.78, 5) is 14.2. The number of hydrogen-bond donors (Lipinski definition) is 1. The SMILES string of the molecule is CC(C)OC(=O)C=Cc1nnc(-c2cccc(F)c2)[nH]1. The quantitative estimate of drug-likeness (QED) is 0.688. The van der Waals surface area contributed by atoms with E-state index in [0.29, 0.717) is 17.2 Å². The van der Waals surface area contributed by atoms with Crippen LogP contribution in [-0.2, 0) is 9.53 Å². The Bertz CT molecular complexity index is 635. The minimum absolute atomic E-state index is 0.176. The molecular formula is C14H14FN3O2. The number of nitrogens with one attached hydrogen (secondary N) is 1. The standard InChI is InChI=1S/C14H14FN3O2/c1-9(2)20-13(19)7-6-12-16-14(18-17-12)10-4-3-5-11(15)8-10/h3-9H,1-2H3,(H,16,17,18). The molecule has 2 aromatic rings. The Morgan fingerprint density at radius 3 is 2.90 bits per heavy atom. The highest BCUT2D eigenvalue weighted by molar-refractivity contribution is 5.86. The fraction of sp³-hybridized carbons (Fsp3) is 0.214. The van der Waals surface area contributed by atoms with Crippen LogP contribution in [0.2, 0.25) is 0 Å². The lowest BCUT2D eigenvalue weighted by Crippen LogP contribution is -2.08. The topological polar surface area (TPSA) is 67.9 Å². The minimum Gasteiger partial charge on any atom is -0.460 e. The van der Waals surface area contributed by atoms with E-state index in [0.717, 1.165) is 0 Å². The molecule has 1 heterocycles. The van der Waals surface area contributed by atoms with Crippen molar-refractivity contribution in [2.75, 3.05) is 0 Å². The third-order valence-corrected chi connectivity index (χ3v) is 2.33. The van der Waals surface area contributed by atoms with E-state index in [4.69, 9.17) is 4.74 Å². The van der Waals surface area contributed by atoms with Crippen LogP contribution >= 0.6 is 0 Å². The number of H-pyrrole nitrogens is 1. The predicted octanol–water partition coefficient (Wildman–Crippen LogP) is 2.58. The molecule has 0 unspecified atom stereocenters. The van der Waals surface area contributed by atoms with E-state index in [1.54, 1.807) is 26.0 Å². The Morgan fingerprint density at radius 1 is 1.40 bits per heavy atom. The monoisotopic (exact) mass is 275 g/mol. The average Bonchev–Trinajstić information content (AvgIpc) is 2.84. The van der Waals surface area contributed by atoms with Gasteiger partial charge in [0.05, 0.1) is 6.10 Å². The van der Waals surface area contributed by atoms with Crippen LogP contribution in [0.25, 0.3) is 17.5 Å². The van der Waals surface area contributed by atoms with Crippen molar-refractivity contribution < 1.29 is 13.9 Å². The number of ether oxygens (including phenoxy) is 1. The maximum Gasteiger partial charge on any atom is 0.331 e. The Labute approximate surface area is 115 Å². The molecule has 0 aliphatic rings. The van der Waals surface area contributed by atoms with Crippen LogP contribution in [0.4, 0.5) is 4.39 Å². The molecule has 0 saturated carbocycles. The molecule has 0 atom stereocenters. The zero-order chi connectivity index (χ0) is 14.5. The van der Waals surface area contributed by atoms with Gasteiger partial charge in [-0.1, -0.05) is 12.1 Å². The summed E-state index contributed by atoms with van der Waals surface area (Å²) in [5.41, 5.74) is 0.585. The molecule has 6 heteroatoms. The van der Waals surface area contributed by atoms with Gasteiger partial charge in [0.1, 0.15) is 5.82 Å². The fourth-order valence-corrected chi connectivity index (χ4v) is 1.53. The molecule has 0 aliphatic carbocycles. The maximum atomic E-state index is 13.1. The molecule has 0 aliphatic heterocycles. The lowest BCUT2D eigenvalue weighted by atomic mass is 10.2. The van der Waals surface area contributed by atoms with E-state index in [1.165, 1.54) is 24.3 Å². The van der Waals surface area contributed by atoms with E-state index in [-0.39, 0.29) is 11.9 Å². The van der Waals surface area contributed by atoms with Gasteiger partial charge in [0, 0.05) is 11.6 Å². The lowest BCUT2D eigenvalue weighted by Gasteiger charge is -2.03. The predicted molar refractivity (Wildman–Crippen MR) is 72.0 cm³/mol. The van der Waals surface area contributed by atoms with Gasteiger partial charge in [0.2, 0.25) is 0 Å². The summed E-state index contributed by atoms with van der Waals surface area (Å²) in [6.07, 6.45) is 2.54. The zero-order valence-corrected chi connectivity index (χ0v) is 11.1. The van der Waals surface area contributed by atoms with Crippen LogP contribution in [0.3, 0.4) is 0 Å². The molecule has 0 spiro atoms.